The minimum Gasteiger partial charge on any atom is -0.370 e. The summed E-state index contributed by atoms with van der Waals surface area (Å²) in [5.74, 6) is 4.08. The Hall–Kier alpha value is -1.12. The Morgan fingerprint density at radius 3 is 2.29 bits per heavy atom. The Kier molecular flexibility index (Phi) is 5.60. The molecule has 0 radical (unpaired) electrons. The molecule has 1 heterocycles. The van der Waals surface area contributed by atoms with Crippen LogP contribution in [-0.4, -0.2) is 16.5 Å². The van der Waals surface area contributed by atoms with Crippen LogP contribution in [-0.2, 0) is 0 Å². The second-order valence-electron chi connectivity index (χ2n) is 6.74. The molecule has 0 spiro atoms. The van der Waals surface area contributed by atoms with E-state index >= 15 is 0 Å². The number of aryl methyl sites for hydroxylation is 1. The van der Waals surface area contributed by atoms with Crippen LogP contribution in [0, 0.1) is 12.8 Å². The molecule has 1 saturated carbocycles. The van der Waals surface area contributed by atoms with Crippen molar-refractivity contribution in [1.82, 2.24) is 9.97 Å². The number of aromatic nitrogens is 2. The van der Waals surface area contributed by atoms with Gasteiger partial charge in [0.05, 0.1) is 0 Å². The van der Waals surface area contributed by atoms with Crippen LogP contribution in [0.3, 0.4) is 0 Å². The van der Waals surface area contributed by atoms with Gasteiger partial charge in [-0.15, -0.1) is 0 Å². The molecular formula is C18H31N3. The van der Waals surface area contributed by atoms with Gasteiger partial charge in [0.1, 0.15) is 11.6 Å². The number of nitrogens with one attached hydrogen (secondary N) is 1. The molecule has 0 amide bonds. The highest BCUT2D eigenvalue weighted by molar-refractivity contribution is 5.48. The third-order valence-electron chi connectivity index (χ3n) is 4.86. The van der Waals surface area contributed by atoms with Crippen molar-refractivity contribution in [3.05, 3.63) is 17.1 Å². The van der Waals surface area contributed by atoms with Crippen LogP contribution < -0.4 is 5.32 Å². The van der Waals surface area contributed by atoms with Crippen molar-refractivity contribution < 1.29 is 0 Å². The summed E-state index contributed by atoms with van der Waals surface area (Å²) in [5, 5.41) is 3.45. The number of hydrogen-bond donors (Lipinski definition) is 1. The van der Waals surface area contributed by atoms with Gasteiger partial charge in [-0.1, -0.05) is 27.2 Å². The van der Waals surface area contributed by atoms with Crippen molar-refractivity contribution >= 4 is 5.82 Å². The Bertz CT molecular complexity index is 460. The van der Waals surface area contributed by atoms with Crippen molar-refractivity contribution in [2.45, 2.75) is 78.6 Å². The van der Waals surface area contributed by atoms with E-state index in [1.807, 2.05) is 0 Å². The minimum atomic E-state index is 0.462. The first kappa shape index (κ1) is 16.3. The van der Waals surface area contributed by atoms with E-state index in [0.29, 0.717) is 11.8 Å². The van der Waals surface area contributed by atoms with E-state index in [9.17, 15) is 0 Å². The second kappa shape index (κ2) is 7.24. The molecule has 2 rings (SSSR count). The van der Waals surface area contributed by atoms with Gasteiger partial charge >= 0.3 is 0 Å². The monoisotopic (exact) mass is 289 g/mol. The molecule has 1 aromatic rings. The van der Waals surface area contributed by atoms with E-state index in [1.54, 1.807) is 0 Å². The van der Waals surface area contributed by atoms with E-state index in [1.165, 1.54) is 37.7 Å². The van der Waals surface area contributed by atoms with Crippen LogP contribution in [0.15, 0.2) is 0 Å². The summed E-state index contributed by atoms with van der Waals surface area (Å²) in [6.45, 7) is 11.9. The van der Waals surface area contributed by atoms with Gasteiger partial charge in [-0.3, -0.25) is 0 Å². The lowest BCUT2D eigenvalue weighted by Crippen LogP contribution is -2.17. The molecule has 0 saturated heterocycles. The van der Waals surface area contributed by atoms with E-state index in [-0.39, 0.29) is 0 Å². The highest BCUT2D eigenvalue weighted by atomic mass is 15.0. The zero-order chi connectivity index (χ0) is 15.4. The summed E-state index contributed by atoms with van der Waals surface area (Å²) >= 11 is 0. The van der Waals surface area contributed by atoms with Gasteiger partial charge < -0.3 is 5.32 Å². The van der Waals surface area contributed by atoms with Crippen molar-refractivity contribution in [2.75, 3.05) is 11.9 Å². The average Bonchev–Trinajstić information content (AvgIpc) is 2.46. The van der Waals surface area contributed by atoms with E-state index in [0.717, 1.165) is 29.8 Å². The lowest BCUT2D eigenvalue weighted by atomic mass is 9.80. The standard InChI is InChI=1S/C18H31N3/c1-6-14-8-10-15(11-9-14)17-20-13(5)16(12(3)4)18(21-17)19-7-2/h12,14-15H,6-11H2,1-5H3,(H,19,20,21). The van der Waals surface area contributed by atoms with Crippen molar-refractivity contribution in [2.24, 2.45) is 5.92 Å². The number of anilines is 1. The first-order valence-electron chi connectivity index (χ1n) is 8.69. The molecule has 0 aliphatic heterocycles. The van der Waals surface area contributed by atoms with Gasteiger partial charge in [0, 0.05) is 23.7 Å². The molecule has 1 aliphatic rings. The van der Waals surface area contributed by atoms with Crippen molar-refractivity contribution in [3.8, 4) is 0 Å². The van der Waals surface area contributed by atoms with Crippen LogP contribution in [0.2, 0.25) is 0 Å². The smallest absolute Gasteiger partial charge is 0.134 e. The Morgan fingerprint density at radius 1 is 1.10 bits per heavy atom. The fraction of sp³-hybridized carbons (Fsp3) is 0.778. The predicted octanol–water partition coefficient (Wildman–Crippen LogP) is 5.02. The second-order valence-corrected chi connectivity index (χ2v) is 6.74. The third kappa shape index (κ3) is 3.75. The lowest BCUT2D eigenvalue weighted by Gasteiger charge is -2.28. The summed E-state index contributed by atoms with van der Waals surface area (Å²) in [7, 11) is 0. The van der Waals surface area contributed by atoms with Gasteiger partial charge in [-0.05, 0) is 51.4 Å². The summed E-state index contributed by atoms with van der Waals surface area (Å²) in [6, 6.07) is 0. The quantitative estimate of drug-likeness (QED) is 0.826. The molecule has 3 nitrogen and oxygen atoms in total. The third-order valence-corrected chi connectivity index (χ3v) is 4.86. The van der Waals surface area contributed by atoms with Gasteiger partial charge in [0.2, 0.25) is 0 Å². The van der Waals surface area contributed by atoms with Crippen LogP contribution in [0.25, 0.3) is 0 Å². The fourth-order valence-electron chi connectivity index (χ4n) is 3.61. The van der Waals surface area contributed by atoms with Crippen LogP contribution in [0.5, 0.6) is 0 Å². The first-order valence-corrected chi connectivity index (χ1v) is 8.69. The van der Waals surface area contributed by atoms with Crippen LogP contribution in [0.4, 0.5) is 5.82 Å². The zero-order valence-electron chi connectivity index (χ0n) is 14.4. The average molecular weight is 289 g/mol. The largest absolute Gasteiger partial charge is 0.370 e. The van der Waals surface area contributed by atoms with E-state index in [4.69, 9.17) is 9.97 Å². The Labute approximate surface area is 130 Å². The van der Waals surface area contributed by atoms with Crippen LogP contribution >= 0.6 is 0 Å². The number of rotatable bonds is 5. The zero-order valence-corrected chi connectivity index (χ0v) is 14.4. The molecule has 0 unspecified atom stereocenters. The molecule has 1 aliphatic carbocycles. The van der Waals surface area contributed by atoms with Gasteiger partial charge in [0.15, 0.2) is 0 Å². The Balaban J connectivity index is 2.25. The van der Waals surface area contributed by atoms with Crippen molar-refractivity contribution in [3.63, 3.8) is 0 Å². The van der Waals surface area contributed by atoms with Gasteiger partial charge in [0.25, 0.3) is 0 Å². The number of hydrogen-bond acceptors (Lipinski definition) is 3. The number of nitrogens with zero attached hydrogens (tertiary/aromatic N) is 2. The molecule has 21 heavy (non-hydrogen) atoms. The minimum absolute atomic E-state index is 0.462. The summed E-state index contributed by atoms with van der Waals surface area (Å²) < 4.78 is 0. The van der Waals surface area contributed by atoms with Gasteiger partial charge in [-0.2, -0.15) is 0 Å². The molecule has 0 bridgehead atoms. The van der Waals surface area contributed by atoms with Crippen LogP contribution in [0.1, 0.15) is 88.7 Å². The van der Waals surface area contributed by atoms with Gasteiger partial charge in [-0.25, -0.2) is 9.97 Å². The molecule has 1 fully saturated rings. The lowest BCUT2D eigenvalue weighted by molar-refractivity contribution is 0.312. The molecule has 118 valence electrons. The highest BCUT2D eigenvalue weighted by Gasteiger charge is 2.25. The first-order chi connectivity index (χ1) is 10.1. The molecule has 1 N–H and O–H groups in total. The van der Waals surface area contributed by atoms with E-state index < -0.39 is 0 Å². The fourth-order valence-corrected chi connectivity index (χ4v) is 3.61. The summed E-state index contributed by atoms with van der Waals surface area (Å²) in [4.78, 5) is 9.76. The SMILES string of the molecule is CCNc1nc(C2CCC(CC)CC2)nc(C)c1C(C)C. The molecule has 0 atom stereocenters. The highest BCUT2D eigenvalue weighted by Crippen LogP contribution is 2.37. The summed E-state index contributed by atoms with van der Waals surface area (Å²) in [6.07, 6.45) is 6.51. The maximum absolute atomic E-state index is 4.90. The molecule has 3 heteroatoms. The molecule has 0 aromatic carbocycles. The molecular weight excluding hydrogens is 258 g/mol. The maximum atomic E-state index is 4.90. The normalized spacial score (nSPS) is 22.6. The van der Waals surface area contributed by atoms with Crippen molar-refractivity contribution in [1.29, 1.82) is 0 Å². The topological polar surface area (TPSA) is 37.8 Å². The predicted molar refractivity (Wildman–Crippen MR) is 90.0 cm³/mol. The Morgan fingerprint density at radius 2 is 1.76 bits per heavy atom. The maximum Gasteiger partial charge on any atom is 0.134 e. The summed E-state index contributed by atoms with van der Waals surface area (Å²) in [5.41, 5.74) is 2.44. The molecule has 1 aromatic heterocycles. The van der Waals surface area contributed by atoms with E-state index in [2.05, 4.69) is 39.9 Å².